The van der Waals surface area contributed by atoms with Crippen LogP contribution < -0.4 is 0 Å². The molecule has 27 heavy (non-hydrogen) atoms. The molecule has 0 amide bonds. The smallest absolute Gasteiger partial charge is 0.336 e. The van der Waals surface area contributed by atoms with Crippen molar-refractivity contribution in [2.75, 3.05) is 6.61 Å². The largest absolute Gasteiger partial charge is 0.494 e. The minimum absolute atomic E-state index is 0.0293. The number of carbonyl (C=O) groups is 2. The molecule has 2 N–H and O–H groups in total. The first-order valence-corrected chi connectivity index (χ1v) is 9.90. The molecule has 2 fully saturated rings. The highest BCUT2D eigenvalue weighted by molar-refractivity contribution is 5.88. The number of carboxylic acids is 1. The van der Waals surface area contributed by atoms with Gasteiger partial charge >= 0.3 is 5.97 Å². The van der Waals surface area contributed by atoms with Crippen LogP contribution in [0.2, 0.25) is 0 Å². The number of hydrogen-bond donors (Lipinski definition) is 2. The number of hydrogen-bond acceptors (Lipinski definition) is 4. The zero-order valence-corrected chi connectivity index (χ0v) is 16.2. The molecule has 0 aromatic carbocycles. The molecule has 6 atom stereocenters. The van der Waals surface area contributed by atoms with Crippen LogP contribution in [0.25, 0.3) is 0 Å². The summed E-state index contributed by atoms with van der Waals surface area (Å²) in [5.74, 6) is -0.395. The Kier molecular flexibility index (Phi) is 3.97. The van der Waals surface area contributed by atoms with Gasteiger partial charge < -0.3 is 14.9 Å². The van der Waals surface area contributed by atoms with Crippen LogP contribution in [0, 0.1) is 28.6 Å². The fourth-order valence-electron chi connectivity index (χ4n) is 6.40. The lowest BCUT2D eigenvalue weighted by molar-refractivity contribution is -0.181. The van der Waals surface area contributed by atoms with Crippen LogP contribution in [0.3, 0.4) is 0 Å². The number of ketones is 1. The second-order valence-corrected chi connectivity index (χ2v) is 9.00. The third-order valence-electron chi connectivity index (χ3n) is 7.85. The molecular weight excluding hydrogens is 344 g/mol. The highest BCUT2D eigenvalue weighted by atomic mass is 16.5. The lowest BCUT2D eigenvalue weighted by Gasteiger charge is -2.55. The van der Waals surface area contributed by atoms with Crippen molar-refractivity contribution in [3.8, 4) is 0 Å². The van der Waals surface area contributed by atoms with Gasteiger partial charge in [0.15, 0.2) is 5.60 Å². The average molecular weight is 372 g/mol. The van der Waals surface area contributed by atoms with Crippen molar-refractivity contribution < 1.29 is 24.5 Å². The second kappa shape index (κ2) is 5.81. The van der Waals surface area contributed by atoms with Crippen LogP contribution in [0.1, 0.15) is 46.5 Å². The van der Waals surface area contributed by atoms with Gasteiger partial charge in [0.25, 0.3) is 0 Å². The Balaban J connectivity index is 1.75. The van der Waals surface area contributed by atoms with Crippen molar-refractivity contribution in [2.45, 2.75) is 52.1 Å². The molecule has 0 aliphatic heterocycles. The maximum atomic E-state index is 13.3. The third kappa shape index (κ3) is 2.27. The van der Waals surface area contributed by atoms with Crippen molar-refractivity contribution in [1.29, 1.82) is 0 Å². The minimum atomic E-state index is -1.81. The summed E-state index contributed by atoms with van der Waals surface area (Å²) < 4.78 is 5.63. The highest BCUT2D eigenvalue weighted by Gasteiger charge is 2.68. The summed E-state index contributed by atoms with van der Waals surface area (Å²) in [7, 11) is 0. The standard InChI is InChI=1S/C22H28O5/c1-4-27-14-7-9-20(2)13(11-14)5-6-15-16-8-10-22(26,19(24)25)21(16,3)12-17(23)18(15)20/h5,7,9,11,15-16,18,26H,4,6,8,10,12H2,1-3H3,(H,24,25)/t15-,16-,18+,20-,21-,22-/m0/s1. The minimum Gasteiger partial charge on any atom is -0.494 e. The maximum absolute atomic E-state index is 13.3. The molecule has 0 aromatic heterocycles. The molecule has 2 saturated carbocycles. The normalized spacial score (nSPS) is 45.3. The lowest BCUT2D eigenvalue weighted by Crippen LogP contribution is -2.59. The Bertz CT molecular complexity index is 793. The number of fused-ring (bicyclic) bond motifs is 5. The number of allylic oxidation sites excluding steroid dienone is 5. The molecule has 0 heterocycles. The molecule has 0 saturated heterocycles. The van der Waals surface area contributed by atoms with Gasteiger partial charge in [-0.2, -0.15) is 0 Å². The molecule has 0 spiro atoms. The average Bonchev–Trinajstić information content (AvgIpc) is 2.87. The van der Waals surface area contributed by atoms with Crippen molar-refractivity contribution in [3.05, 3.63) is 35.6 Å². The molecule has 4 aliphatic carbocycles. The Morgan fingerprint density at radius 1 is 1.37 bits per heavy atom. The summed E-state index contributed by atoms with van der Waals surface area (Å²) >= 11 is 0. The number of aliphatic carboxylic acids is 1. The fourth-order valence-corrected chi connectivity index (χ4v) is 6.40. The third-order valence-corrected chi connectivity index (χ3v) is 7.85. The molecule has 0 radical (unpaired) electrons. The first-order chi connectivity index (χ1) is 12.7. The van der Waals surface area contributed by atoms with Crippen LogP contribution in [-0.4, -0.2) is 34.2 Å². The van der Waals surface area contributed by atoms with Gasteiger partial charge in [-0.1, -0.05) is 26.0 Å². The topological polar surface area (TPSA) is 83.8 Å². The van der Waals surface area contributed by atoms with E-state index in [0.29, 0.717) is 13.0 Å². The van der Waals surface area contributed by atoms with Crippen LogP contribution in [0.4, 0.5) is 0 Å². The van der Waals surface area contributed by atoms with E-state index in [1.54, 1.807) is 6.92 Å². The Hall–Kier alpha value is -1.88. The van der Waals surface area contributed by atoms with Crippen LogP contribution in [0.15, 0.2) is 35.6 Å². The molecule has 5 nitrogen and oxygen atoms in total. The number of aliphatic hydroxyl groups is 1. The highest BCUT2D eigenvalue weighted by Crippen LogP contribution is 2.65. The van der Waals surface area contributed by atoms with Crippen molar-refractivity contribution in [2.24, 2.45) is 28.6 Å². The van der Waals surface area contributed by atoms with E-state index in [4.69, 9.17) is 4.74 Å². The fraction of sp³-hybridized carbons (Fsp3) is 0.636. The van der Waals surface area contributed by atoms with Crippen LogP contribution in [0.5, 0.6) is 0 Å². The predicted octanol–water partition coefficient (Wildman–Crippen LogP) is 3.25. The molecule has 0 unspecified atom stereocenters. The zero-order valence-electron chi connectivity index (χ0n) is 16.2. The van der Waals surface area contributed by atoms with Crippen molar-refractivity contribution >= 4 is 11.8 Å². The Morgan fingerprint density at radius 2 is 2.11 bits per heavy atom. The van der Waals surface area contributed by atoms with E-state index in [9.17, 15) is 19.8 Å². The van der Waals surface area contributed by atoms with Gasteiger partial charge in [0.1, 0.15) is 11.5 Å². The summed E-state index contributed by atoms with van der Waals surface area (Å²) in [6.45, 7) is 6.45. The molecule has 5 heteroatoms. The van der Waals surface area contributed by atoms with E-state index >= 15 is 0 Å². The summed E-state index contributed by atoms with van der Waals surface area (Å²) in [5, 5.41) is 20.6. The van der Waals surface area contributed by atoms with E-state index in [-0.39, 0.29) is 36.4 Å². The van der Waals surface area contributed by atoms with Gasteiger partial charge in [-0.05, 0) is 55.7 Å². The zero-order chi connectivity index (χ0) is 19.6. The monoisotopic (exact) mass is 372 g/mol. The summed E-state index contributed by atoms with van der Waals surface area (Å²) in [6, 6.07) is 0. The Labute approximate surface area is 159 Å². The Morgan fingerprint density at radius 3 is 2.78 bits per heavy atom. The van der Waals surface area contributed by atoms with E-state index in [1.165, 1.54) is 0 Å². The van der Waals surface area contributed by atoms with E-state index < -0.39 is 22.4 Å². The molecule has 146 valence electrons. The molecular formula is C22H28O5. The quantitative estimate of drug-likeness (QED) is 0.794. The number of carbonyl (C=O) groups excluding carboxylic acids is 1. The van der Waals surface area contributed by atoms with Crippen LogP contribution >= 0.6 is 0 Å². The van der Waals surface area contributed by atoms with E-state index in [2.05, 4.69) is 19.1 Å². The van der Waals surface area contributed by atoms with Crippen molar-refractivity contribution in [3.63, 3.8) is 0 Å². The summed E-state index contributed by atoms with van der Waals surface area (Å²) in [6.07, 6.45) is 9.98. The lowest BCUT2D eigenvalue weighted by atomic mass is 9.48. The number of carboxylic acid groups (broad SMARTS) is 1. The molecule has 0 aromatic rings. The van der Waals surface area contributed by atoms with Gasteiger partial charge in [0.2, 0.25) is 0 Å². The summed E-state index contributed by atoms with van der Waals surface area (Å²) in [5.41, 5.74) is -2.00. The number of ether oxygens (including phenoxy) is 1. The van der Waals surface area contributed by atoms with Gasteiger partial charge in [-0.15, -0.1) is 0 Å². The van der Waals surface area contributed by atoms with E-state index in [0.717, 1.165) is 17.8 Å². The van der Waals surface area contributed by atoms with Gasteiger partial charge in [0, 0.05) is 23.2 Å². The van der Waals surface area contributed by atoms with Crippen LogP contribution in [-0.2, 0) is 14.3 Å². The van der Waals surface area contributed by atoms with Gasteiger partial charge in [-0.25, -0.2) is 4.79 Å². The predicted molar refractivity (Wildman–Crippen MR) is 99.7 cm³/mol. The number of Topliss-reactive ketones (excluding diaryl/α,β-unsaturated/α-hetero) is 1. The molecule has 4 aliphatic rings. The summed E-state index contributed by atoms with van der Waals surface area (Å²) in [4.78, 5) is 25.2. The van der Waals surface area contributed by atoms with Gasteiger partial charge in [-0.3, -0.25) is 4.79 Å². The second-order valence-electron chi connectivity index (χ2n) is 9.00. The van der Waals surface area contributed by atoms with Crippen molar-refractivity contribution in [1.82, 2.24) is 0 Å². The molecule has 0 bridgehead atoms. The number of rotatable bonds is 3. The first kappa shape index (κ1) is 18.5. The van der Waals surface area contributed by atoms with E-state index in [1.807, 2.05) is 19.1 Å². The van der Waals surface area contributed by atoms with Gasteiger partial charge in [0.05, 0.1) is 6.61 Å². The molecule has 4 rings (SSSR count). The first-order valence-electron chi connectivity index (χ1n) is 9.90. The SMILES string of the molecule is CCOC1=CC2=CC[C@@H]3[C@H](C(=O)C[C@@]4(C)[C@H]3CC[C@]4(O)C(=O)O)[C@@]2(C)C=C1. The maximum Gasteiger partial charge on any atom is 0.336 e.